The second kappa shape index (κ2) is 8.12. The van der Waals surface area contributed by atoms with Gasteiger partial charge < -0.3 is 18.9 Å². The van der Waals surface area contributed by atoms with Gasteiger partial charge in [0.2, 0.25) is 0 Å². The summed E-state index contributed by atoms with van der Waals surface area (Å²) in [7, 11) is -3.75. The number of carbonyl (C=O) groups is 1. The van der Waals surface area contributed by atoms with E-state index >= 15 is 0 Å². The number of hydrogen-bond donors (Lipinski definition) is 1. The smallest absolute Gasteiger partial charge is 0.351 e. The molecule has 108 valence electrons. The maximum absolute atomic E-state index is 12.2. The van der Waals surface area contributed by atoms with Crippen molar-refractivity contribution in [3.8, 4) is 0 Å². The summed E-state index contributed by atoms with van der Waals surface area (Å²) >= 11 is 5.81. The third kappa shape index (κ3) is 5.24. The predicted molar refractivity (Wildman–Crippen MR) is 67.7 cm³/mol. The number of aliphatic hydroxyl groups is 1. The lowest BCUT2D eigenvalue weighted by Gasteiger charge is -2.24. The van der Waals surface area contributed by atoms with Gasteiger partial charge in [0, 0.05) is 0 Å². The fourth-order valence-electron chi connectivity index (χ4n) is 1.13. The molecule has 0 heterocycles. The lowest BCUT2D eigenvalue weighted by molar-refractivity contribution is -0.156. The Hall–Kier alpha value is -0.130. The van der Waals surface area contributed by atoms with Gasteiger partial charge in [0.15, 0.2) is 11.2 Å². The highest BCUT2D eigenvalue weighted by Crippen LogP contribution is 2.56. The van der Waals surface area contributed by atoms with Crippen molar-refractivity contribution in [3.63, 3.8) is 0 Å². The highest BCUT2D eigenvalue weighted by atomic mass is 35.5. The summed E-state index contributed by atoms with van der Waals surface area (Å²) in [5.74, 6) is -0.954. The third-order valence-electron chi connectivity index (χ3n) is 1.77. The van der Waals surface area contributed by atoms with Crippen LogP contribution in [0.4, 0.5) is 0 Å². The molecule has 0 amide bonds. The molecule has 0 fully saturated rings. The van der Waals surface area contributed by atoms with Crippen LogP contribution < -0.4 is 0 Å². The van der Waals surface area contributed by atoms with Gasteiger partial charge in [0.05, 0.1) is 19.3 Å². The van der Waals surface area contributed by atoms with E-state index in [-0.39, 0.29) is 13.2 Å². The fourth-order valence-corrected chi connectivity index (χ4v) is 3.11. The average molecular weight is 303 g/mol. The summed E-state index contributed by atoms with van der Waals surface area (Å²) in [5, 5.41) is 8.19. The third-order valence-corrected chi connectivity index (χ3v) is 4.85. The van der Waals surface area contributed by atoms with Crippen LogP contribution in [0.15, 0.2) is 0 Å². The topological polar surface area (TPSA) is 82.1 Å². The summed E-state index contributed by atoms with van der Waals surface area (Å²) in [6.45, 7) is 6.64. The first-order valence-electron chi connectivity index (χ1n) is 5.69. The van der Waals surface area contributed by atoms with E-state index in [2.05, 4.69) is 0 Å². The quantitative estimate of drug-likeness (QED) is 0.420. The summed E-state index contributed by atoms with van der Waals surface area (Å²) in [6, 6.07) is 0. The number of aliphatic hydroxyl groups excluding tert-OH is 1. The van der Waals surface area contributed by atoms with Gasteiger partial charge in [-0.15, -0.1) is 11.6 Å². The van der Waals surface area contributed by atoms with Crippen LogP contribution in [0.1, 0.15) is 27.7 Å². The standard InChI is InChI=1S/C10H20ClO6P/c1-5-15-18(14,16-6-2)9(11)8(12)10(13)17-7(3)4/h7-9,12H,5-6H2,1-4H3/t8-,9+/m1/s1. The monoisotopic (exact) mass is 302 g/mol. The first-order chi connectivity index (χ1) is 8.28. The molecule has 1 N–H and O–H groups in total. The first kappa shape index (κ1) is 17.9. The largest absolute Gasteiger partial charge is 0.461 e. The second-order valence-electron chi connectivity index (χ2n) is 3.68. The van der Waals surface area contributed by atoms with Crippen molar-refractivity contribution in [2.24, 2.45) is 0 Å². The molecule has 0 bridgehead atoms. The molecule has 0 saturated heterocycles. The molecule has 8 heteroatoms. The normalized spacial score (nSPS) is 15.5. The second-order valence-corrected chi connectivity index (χ2v) is 6.61. The van der Waals surface area contributed by atoms with Crippen molar-refractivity contribution >= 4 is 25.2 Å². The van der Waals surface area contributed by atoms with Crippen LogP contribution in [-0.2, 0) is 23.1 Å². The zero-order valence-corrected chi connectivity index (χ0v) is 12.6. The van der Waals surface area contributed by atoms with Crippen LogP contribution in [0, 0.1) is 0 Å². The Morgan fingerprint density at radius 1 is 1.28 bits per heavy atom. The predicted octanol–water partition coefficient (Wildman–Crippen LogP) is 2.13. The van der Waals surface area contributed by atoms with Gasteiger partial charge in [0.1, 0.15) is 0 Å². The molecule has 0 aromatic heterocycles. The number of alkyl halides is 1. The SMILES string of the molecule is CCOP(=O)(OCC)[C@H](Cl)[C@@H](O)C(=O)OC(C)C. The van der Waals surface area contributed by atoms with Gasteiger partial charge in [-0.05, 0) is 27.7 Å². The van der Waals surface area contributed by atoms with E-state index < -0.39 is 30.9 Å². The zero-order chi connectivity index (χ0) is 14.3. The molecule has 0 unspecified atom stereocenters. The van der Waals surface area contributed by atoms with Crippen LogP contribution in [-0.4, -0.2) is 41.6 Å². The molecular formula is C10H20ClO6P. The van der Waals surface area contributed by atoms with E-state index in [4.69, 9.17) is 25.4 Å². The van der Waals surface area contributed by atoms with Crippen molar-refractivity contribution in [3.05, 3.63) is 0 Å². The number of ether oxygens (including phenoxy) is 1. The van der Waals surface area contributed by atoms with Gasteiger partial charge in [-0.25, -0.2) is 4.79 Å². The van der Waals surface area contributed by atoms with Crippen molar-refractivity contribution in [2.45, 2.75) is 45.0 Å². The Kier molecular flexibility index (Phi) is 8.06. The maximum Gasteiger partial charge on any atom is 0.351 e. The molecule has 0 radical (unpaired) electrons. The summed E-state index contributed by atoms with van der Waals surface area (Å²) in [4.78, 5) is 11.5. The van der Waals surface area contributed by atoms with E-state index in [0.717, 1.165) is 0 Å². The van der Waals surface area contributed by atoms with Gasteiger partial charge >= 0.3 is 13.6 Å². The average Bonchev–Trinajstić information content (AvgIpc) is 2.26. The van der Waals surface area contributed by atoms with Crippen LogP contribution in [0.2, 0.25) is 0 Å². The molecular weight excluding hydrogens is 283 g/mol. The van der Waals surface area contributed by atoms with Crippen molar-refractivity contribution in [1.29, 1.82) is 0 Å². The Morgan fingerprint density at radius 2 is 1.72 bits per heavy atom. The molecule has 2 atom stereocenters. The van der Waals surface area contributed by atoms with Gasteiger partial charge in [-0.2, -0.15) is 0 Å². The minimum Gasteiger partial charge on any atom is -0.461 e. The minimum atomic E-state index is -3.75. The lowest BCUT2D eigenvalue weighted by Crippen LogP contribution is -2.34. The molecule has 18 heavy (non-hydrogen) atoms. The van der Waals surface area contributed by atoms with Crippen LogP contribution in [0.5, 0.6) is 0 Å². The Bertz CT molecular complexity index is 299. The van der Waals surface area contributed by atoms with Crippen molar-refractivity contribution in [1.82, 2.24) is 0 Å². The number of hydrogen-bond acceptors (Lipinski definition) is 6. The molecule has 6 nitrogen and oxygen atoms in total. The first-order valence-corrected chi connectivity index (χ1v) is 7.74. The van der Waals surface area contributed by atoms with E-state index in [1.165, 1.54) is 0 Å². The van der Waals surface area contributed by atoms with Crippen molar-refractivity contribution < 1.29 is 28.3 Å². The van der Waals surface area contributed by atoms with Crippen LogP contribution >= 0.6 is 19.2 Å². The Morgan fingerprint density at radius 3 is 2.06 bits per heavy atom. The van der Waals surface area contributed by atoms with Crippen molar-refractivity contribution in [2.75, 3.05) is 13.2 Å². The Labute approximate surface area is 112 Å². The molecule has 0 aliphatic carbocycles. The molecule has 0 aromatic rings. The van der Waals surface area contributed by atoms with E-state index in [1.807, 2.05) is 0 Å². The molecule has 0 saturated carbocycles. The van der Waals surface area contributed by atoms with Crippen LogP contribution in [0.25, 0.3) is 0 Å². The maximum atomic E-state index is 12.2. The number of rotatable bonds is 8. The highest BCUT2D eigenvalue weighted by Gasteiger charge is 2.43. The number of carbonyl (C=O) groups excluding carboxylic acids is 1. The summed E-state index contributed by atoms with van der Waals surface area (Å²) in [5.41, 5.74) is 0. The van der Waals surface area contributed by atoms with E-state index in [9.17, 15) is 14.5 Å². The zero-order valence-electron chi connectivity index (χ0n) is 11.0. The fraction of sp³-hybridized carbons (Fsp3) is 0.900. The highest BCUT2D eigenvalue weighted by molar-refractivity contribution is 7.56. The molecule has 0 rings (SSSR count). The number of esters is 1. The van der Waals surface area contributed by atoms with Gasteiger partial charge in [-0.1, -0.05) is 0 Å². The molecule has 0 spiro atoms. The molecule has 0 aliphatic heterocycles. The number of halogens is 1. The van der Waals surface area contributed by atoms with E-state index in [0.29, 0.717) is 0 Å². The summed E-state index contributed by atoms with van der Waals surface area (Å²) in [6.07, 6.45) is -2.17. The molecule has 0 aromatic carbocycles. The minimum absolute atomic E-state index is 0.0897. The van der Waals surface area contributed by atoms with Gasteiger partial charge in [-0.3, -0.25) is 4.57 Å². The summed E-state index contributed by atoms with van der Waals surface area (Å²) < 4.78 is 26.9. The molecule has 0 aliphatic rings. The van der Waals surface area contributed by atoms with Crippen LogP contribution in [0.3, 0.4) is 0 Å². The van der Waals surface area contributed by atoms with E-state index in [1.54, 1.807) is 27.7 Å². The lowest BCUT2D eigenvalue weighted by atomic mass is 10.4. The Balaban J connectivity index is 4.80. The van der Waals surface area contributed by atoms with Gasteiger partial charge in [0.25, 0.3) is 0 Å².